The van der Waals surface area contributed by atoms with Crippen molar-refractivity contribution in [1.29, 1.82) is 0 Å². The highest BCUT2D eigenvalue weighted by Crippen LogP contribution is 2.54. The summed E-state index contributed by atoms with van der Waals surface area (Å²) >= 11 is 0. The van der Waals surface area contributed by atoms with Crippen LogP contribution in [0, 0.1) is 96.7 Å². The van der Waals surface area contributed by atoms with Crippen molar-refractivity contribution in [3.8, 4) is 34.5 Å². The van der Waals surface area contributed by atoms with Crippen LogP contribution >= 0.6 is 0 Å². The Balaban J connectivity index is 0.000000231. The van der Waals surface area contributed by atoms with Gasteiger partial charge in [-0.3, -0.25) is 48.3 Å². The molecule has 30 heteroatoms. The number of nitrogens with zero attached hydrogens (tertiary/aromatic N) is 6. The van der Waals surface area contributed by atoms with Crippen molar-refractivity contribution in [2.75, 3.05) is 49.9 Å². The maximum absolute atomic E-state index is 14.7. The van der Waals surface area contributed by atoms with Crippen LogP contribution in [0.15, 0.2) is 92.2 Å². The summed E-state index contributed by atoms with van der Waals surface area (Å²) < 4.78 is 34.9. The van der Waals surface area contributed by atoms with Crippen molar-refractivity contribution in [2.24, 2.45) is 103 Å². The summed E-state index contributed by atoms with van der Waals surface area (Å²) in [7, 11) is 0. The number of piperidine rings is 2. The fourth-order valence-electron chi connectivity index (χ4n) is 19.0. The Kier molecular flexibility index (Phi) is 30.0. The molecule has 0 aliphatic carbocycles. The van der Waals surface area contributed by atoms with E-state index in [1.807, 2.05) is 67.5 Å². The molecule has 0 unspecified atom stereocenters. The number of fused-ring (bicyclic) bond motifs is 26. The lowest BCUT2D eigenvalue weighted by Crippen LogP contribution is -2.47. The summed E-state index contributed by atoms with van der Waals surface area (Å²) in [5.41, 5.74) is 0.168. The molecule has 3 fully saturated rings. The number of carboxylic acid groups (broad SMARTS) is 1. The monoisotopic (exact) mass is 1770 g/mol. The van der Waals surface area contributed by atoms with Gasteiger partial charge in [0.25, 0.3) is 23.4 Å². The number of likely N-dealkylation sites (tertiary alicyclic amines) is 2. The number of aliphatic hydroxyl groups is 3. The Hall–Kier alpha value is -10.4. The number of aliphatic carboxylic acids is 1. The molecule has 128 heavy (non-hydrogen) atoms. The fraction of sp³-hybridized carbons (Fsp3) is 0.592. The number of aromatic hydroxyl groups is 4. The highest BCUT2D eigenvalue weighted by Gasteiger charge is 2.54. The number of carbonyl (C=O) groups excluding carboxylic acids is 7. The summed E-state index contributed by atoms with van der Waals surface area (Å²) in [5.74, 6) is -11.5. The number of amides is 2. The molecule has 15 rings (SSSR count). The van der Waals surface area contributed by atoms with Gasteiger partial charge in [-0.15, -0.1) is 0 Å². The Bertz CT molecular complexity index is 5480. The number of carboxylic acids is 1. The van der Waals surface area contributed by atoms with Crippen molar-refractivity contribution >= 4 is 80.2 Å². The molecule has 2 spiro atoms. The van der Waals surface area contributed by atoms with Crippen molar-refractivity contribution in [2.45, 2.75) is 251 Å². The minimum atomic E-state index is -1.86. The molecular formula is C98H132N8O22. The number of allylic oxidation sites excluding steroid dienone is 6. The Labute approximate surface area is 748 Å². The second-order valence-electron chi connectivity index (χ2n) is 38.5. The molecule has 10 N–H and O–H groups in total. The van der Waals surface area contributed by atoms with E-state index in [9.17, 15) is 79.2 Å². The third-order valence-corrected chi connectivity index (χ3v) is 28.3. The lowest BCUT2D eigenvalue weighted by molar-refractivity contribution is -0.159. The fourth-order valence-corrected chi connectivity index (χ4v) is 19.0. The molecule has 0 radical (unpaired) electrons. The molecule has 4 aromatic carbocycles. The van der Waals surface area contributed by atoms with Gasteiger partial charge in [0, 0.05) is 136 Å². The van der Waals surface area contributed by atoms with Crippen molar-refractivity contribution in [3.05, 3.63) is 116 Å². The van der Waals surface area contributed by atoms with E-state index in [0.717, 1.165) is 39.3 Å². The van der Waals surface area contributed by atoms with Crippen LogP contribution in [0.5, 0.6) is 34.5 Å². The largest absolute Gasteiger partial charge is 0.507 e. The molecule has 696 valence electrons. The number of nitrogens with one attached hydrogen (secondary N) is 2. The average molecular weight is 1770 g/mol. The van der Waals surface area contributed by atoms with Gasteiger partial charge in [0.15, 0.2) is 11.5 Å². The van der Waals surface area contributed by atoms with Crippen LogP contribution in [-0.2, 0) is 47.7 Å². The van der Waals surface area contributed by atoms with Crippen molar-refractivity contribution in [3.63, 3.8) is 0 Å². The number of Topliss-reactive ketones (excluding diaryl/α,β-unsaturated/α-hetero) is 2. The summed E-state index contributed by atoms with van der Waals surface area (Å²) in [5, 5.41) is 99.2. The number of phenolic OH excluding ortho intramolecular Hbond substituents is 4. The normalized spacial score (nSPS) is 32.1. The van der Waals surface area contributed by atoms with Gasteiger partial charge >= 0.3 is 35.5 Å². The number of benzene rings is 4. The molecule has 0 aromatic heterocycles. The number of aliphatic hydroxyl groups excluding tert-OH is 3. The predicted molar refractivity (Wildman–Crippen MR) is 480 cm³/mol. The smallest absolute Gasteiger partial charge is 0.314 e. The third kappa shape index (κ3) is 20.0. The standard InChI is InChI=1S/C49H66N4O11.C45H62N4O8.C4H4O3/c1-24(2)23-53-20-18-49(19-21-53)51-38-35-36-42(58)32(10)45-37(35)46(60)48(11,64-45)62-22-17-25(3)28(6)29(7)30(8)41(57)31(9)44(63-34(56)16-15-33(54)55)26(4)13-12-14-27(5)47(61)50-40(43(36)59)39(38)52-49;1-22(2)21-49-18-16-45(17-19-49)47-34-31-32-39(52)30(10)41-33(31)42(54)44(11,57-41)56-20-15-23(3)26(6)27(7)28(8)38(51)29(9)37(50)24(4)13-12-14-25(5)43(55)46-36(40(32)53)35(34)48-45;5-3-1-2-4(6)7-3/h12-14,17,22,24-26,28-31,41,44,51,57-59H,15-16,18-21,23H2,1-11H3,(H,54,55);12-15,20,22-24,26-29,37-38,47,50-53H,16-19,21H2,1-11H3;1-2H2/b13-12+,22-17+,27-14-,50-40?;13-12+,20-15+,25-14-,46-36?;/t25-,26-,28+,29+,30-,31-,41-,44-,48-;23-,24-,26+,27+,28-,29+,37-,38-,44-;/m00./s1. The summed E-state index contributed by atoms with van der Waals surface area (Å²) in [6.07, 6.45) is 15.4. The first kappa shape index (κ1) is 98.2. The molecule has 2 amide bonds. The maximum atomic E-state index is 14.7. The number of phenols is 4. The van der Waals surface area contributed by atoms with Crippen LogP contribution in [-0.4, -0.2) is 184 Å². The molecule has 18 atom stereocenters. The van der Waals surface area contributed by atoms with Crippen LogP contribution < -0.4 is 41.5 Å². The van der Waals surface area contributed by atoms with Gasteiger partial charge in [0.1, 0.15) is 61.9 Å². The molecular weight excluding hydrogens is 1640 g/mol. The van der Waals surface area contributed by atoms with E-state index >= 15 is 0 Å². The predicted octanol–water partition coefficient (Wildman–Crippen LogP) is 12.4. The quantitative estimate of drug-likeness (QED) is 0.0445. The van der Waals surface area contributed by atoms with Crippen molar-refractivity contribution in [1.82, 2.24) is 9.80 Å². The number of rotatable bonds is 8. The first-order valence-electron chi connectivity index (χ1n) is 45.2. The molecule has 30 nitrogen and oxygen atoms in total. The van der Waals surface area contributed by atoms with E-state index in [1.54, 1.807) is 65.0 Å². The van der Waals surface area contributed by atoms with Crippen LogP contribution in [0.3, 0.4) is 0 Å². The number of carbonyl (C=O) groups is 8. The van der Waals surface area contributed by atoms with E-state index in [1.165, 1.54) is 32.4 Å². The highest BCUT2D eigenvalue weighted by molar-refractivity contribution is 6.23. The second-order valence-corrected chi connectivity index (χ2v) is 38.5. The Morgan fingerprint density at radius 3 is 1.23 bits per heavy atom. The lowest BCUT2D eigenvalue weighted by atomic mass is 9.72. The molecule has 11 aliphatic rings. The summed E-state index contributed by atoms with van der Waals surface area (Å²) in [6, 6.07) is 0. The van der Waals surface area contributed by atoms with Gasteiger partial charge in [-0.2, -0.15) is 0 Å². The van der Waals surface area contributed by atoms with Gasteiger partial charge in [0.2, 0.25) is 0 Å². The van der Waals surface area contributed by atoms with E-state index in [2.05, 4.69) is 83.6 Å². The number of cyclic esters (lactones) is 2. The highest BCUT2D eigenvalue weighted by atomic mass is 16.7. The molecule has 0 saturated carbocycles. The van der Waals surface area contributed by atoms with E-state index in [4.69, 9.17) is 33.7 Å². The first-order chi connectivity index (χ1) is 60.0. The SMILES string of the molecule is C/C1=C/C=C/[C@H](C)[C@H](O)[C@@H](C)[C@@H](O)[C@@H](C)[C@H](C)[C@H](C)[C@@H](C)/C=C/O[C@@]2(C)Oc3c(C)c(O)c4c(O)c(c5c(c4c3C2=O)NC2(CCN(CC(C)C)CC2)N=5)=NC1=O.C/C1=C/C=C/[C@H](C)[C@H](OC(=O)CCC(=O)O)[C@@H](C)[C@@H](O)[C@@H](C)[C@H](C)[C@H](C)[C@@H](C)/C=C/O[C@@]2(C)Oc3c(C)c(O)c4c(O)c(c5c(c4c3C2=O)NC2(CCN(CC(C)C)CC2)N=5)=NC1=O.O=C1CCC(=O)O1. The zero-order chi connectivity index (χ0) is 94.3. The van der Waals surface area contributed by atoms with E-state index < -0.39 is 130 Å². The van der Waals surface area contributed by atoms with Gasteiger partial charge < -0.3 is 89.7 Å². The van der Waals surface area contributed by atoms with Gasteiger partial charge in [0.05, 0.1) is 89.8 Å². The van der Waals surface area contributed by atoms with Gasteiger partial charge in [-0.1, -0.05) is 147 Å². The number of esters is 3. The number of ether oxygens (including phenoxy) is 6. The van der Waals surface area contributed by atoms with Crippen LogP contribution in [0.25, 0.3) is 21.5 Å². The number of hydrogen-bond donors (Lipinski definition) is 10. The molecule has 11 heterocycles. The summed E-state index contributed by atoms with van der Waals surface area (Å²) in [4.78, 5) is 125. The number of anilines is 2. The third-order valence-electron chi connectivity index (χ3n) is 28.3. The second kappa shape index (κ2) is 39.1. The van der Waals surface area contributed by atoms with Crippen LogP contribution in [0.1, 0.15) is 222 Å². The topological polar surface area (TPSA) is 434 Å². The van der Waals surface area contributed by atoms with Crippen LogP contribution in [0.2, 0.25) is 0 Å². The Morgan fingerprint density at radius 2 is 0.867 bits per heavy atom. The minimum absolute atomic E-state index is 0.0142. The van der Waals surface area contributed by atoms with Gasteiger partial charge in [-0.25, -0.2) is 9.98 Å². The number of hydrogen-bond acceptors (Lipinski definition) is 27. The average Bonchev–Trinajstić information content (AvgIpc) is 1.53. The van der Waals surface area contributed by atoms with Crippen molar-refractivity contribution < 1.29 is 108 Å². The first-order valence-corrected chi connectivity index (χ1v) is 45.2. The zero-order valence-electron chi connectivity index (χ0n) is 78.0. The lowest BCUT2D eigenvalue weighted by Gasteiger charge is -2.38. The Morgan fingerprint density at radius 1 is 0.484 bits per heavy atom. The molecule has 3 saturated heterocycles. The minimum Gasteiger partial charge on any atom is -0.507 e. The van der Waals surface area contributed by atoms with Gasteiger partial charge in [-0.05, 0) is 99.0 Å². The number of ketones is 2. The maximum Gasteiger partial charge on any atom is 0.314 e. The molecule has 11 aliphatic heterocycles. The zero-order valence-corrected chi connectivity index (χ0v) is 78.0. The van der Waals surface area contributed by atoms with E-state index in [-0.39, 0.29) is 172 Å². The van der Waals surface area contributed by atoms with Crippen LogP contribution in [0.4, 0.5) is 11.4 Å². The summed E-state index contributed by atoms with van der Waals surface area (Å²) in [6.45, 7) is 46.5. The molecule has 4 aromatic rings. The van der Waals surface area contributed by atoms with E-state index in [0.29, 0.717) is 48.9 Å². The molecule has 10 bridgehead atoms.